The summed E-state index contributed by atoms with van der Waals surface area (Å²) in [5.41, 5.74) is 9.58. The van der Waals surface area contributed by atoms with Gasteiger partial charge in [-0.05, 0) is 85.2 Å². The lowest BCUT2D eigenvalue weighted by Gasteiger charge is -2.30. The van der Waals surface area contributed by atoms with Crippen LogP contribution in [0, 0.1) is 0 Å². The van der Waals surface area contributed by atoms with Gasteiger partial charge in [-0.1, -0.05) is 72.2 Å². The summed E-state index contributed by atoms with van der Waals surface area (Å²) in [7, 11) is 1.67. The number of nitrogens with zero attached hydrogens (tertiary/aromatic N) is 1. The SMILES string of the molecule is CCC(C)(C)c1ccc(OCCCCN(Cc2ccc(OC)cc2)C(=O)CCCCCN)c(C(C)(C)CC)c1. The van der Waals surface area contributed by atoms with Gasteiger partial charge in [0.2, 0.25) is 5.91 Å². The minimum atomic E-state index is 0.0423. The molecule has 0 atom stereocenters. The molecule has 39 heavy (non-hydrogen) atoms. The Morgan fingerprint density at radius 2 is 1.56 bits per heavy atom. The van der Waals surface area contributed by atoms with Crippen LogP contribution >= 0.6 is 0 Å². The van der Waals surface area contributed by atoms with Crippen molar-refractivity contribution in [2.24, 2.45) is 5.73 Å². The van der Waals surface area contributed by atoms with E-state index < -0.39 is 0 Å². The van der Waals surface area contributed by atoms with Gasteiger partial charge in [-0.3, -0.25) is 4.79 Å². The molecule has 0 bridgehead atoms. The number of nitrogens with two attached hydrogens (primary N) is 1. The van der Waals surface area contributed by atoms with E-state index in [0.717, 1.165) is 68.6 Å². The van der Waals surface area contributed by atoms with Crippen molar-refractivity contribution < 1.29 is 14.3 Å². The predicted molar refractivity (Wildman–Crippen MR) is 164 cm³/mol. The molecule has 218 valence electrons. The van der Waals surface area contributed by atoms with E-state index in [4.69, 9.17) is 15.2 Å². The zero-order valence-electron chi connectivity index (χ0n) is 25.8. The number of hydrogen-bond donors (Lipinski definition) is 1. The average Bonchev–Trinajstić information content (AvgIpc) is 2.94. The number of carbonyl (C=O) groups excluding carboxylic acids is 1. The van der Waals surface area contributed by atoms with E-state index in [1.165, 1.54) is 11.1 Å². The highest BCUT2D eigenvalue weighted by Crippen LogP contribution is 2.38. The third-order valence-electron chi connectivity index (χ3n) is 8.32. The highest BCUT2D eigenvalue weighted by molar-refractivity contribution is 5.76. The second-order valence-electron chi connectivity index (χ2n) is 12.0. The lowest BCUT2D eigenvalue weighted by Crippen LogP contribution is -2.31. The molecule has 0 aliphatic carbocycles. The average molecular weight is 539 g/mol. The molecule has 0 aliphatic rings. The van der Waals surface area contributed by atoms with Crippen LogP contribution in [0.15, 0.2) is 42.5 Å². The Morgan fingerprint density at radius 3 is 2.18 bits per heavy atom. The van der Waals surface area contributed by atoms with Gasteiger partial charge in [0.1, 0.15) is 11.5 Å². The van der Waals surface area contributed by atoms with Crippen molar-refractivity contribution in [2.45, 2.75) is 110 Å². The smallest absolute Gasteiger partial charge is 0.222 e. The largest absolute Gasteiger partial charge is 0.497 e. The quantitative estimate of drug-likeness (QED) is 0.197. The summed E-state index contributed by atoms with van der Waals surface area (Å²) in [5, 5.41) is 0. The van der Waals surface area contributed by atoms with Gasteiger partial charge in [0.15, 0.2) is 0 Å². The van der Waals surface area contributed by atoms with Gasteiger partial charge in [0.05, 0.1) is 13.7 Å². The molecule has 2 aromatic rings. The molecule has 5 nitrogen and oxygen atoms in total. The van der Waals surface area contributed by atoms with Crippen molar-refractivity contribution >= 4 is 5.91 Å². The second-order valence-corrected chi connectivity index (χ2v) is 12.0. The number of methoxy groups -OCH3 is 1. The molecule has 0 radical (unpaired) electrons. The Balaban J connectivity index is 2.02. The van der Waals surface area contributed by atoms with Crippen molar-refractivity contribution in [1.82, 2.24) is 4.90 Å². The summed E-state index contributed by atoms with van der Waals surface area (Å²) in [5.74, 6) is 2.03. The first-order chi connectivity index (χ1) is 18.6. The lowest BCUT2D eigenvalue weighted by molar-refractivity contribution is -0.132. The lowest BCUT2D eigenvalue weighted by atomic mass is 9.76. The number of hydrogen-bond acceptors (Lipinski definition) is 4. The summed E-state index contributed by atoms with van der Waals surface area (Å²) >= 11 is 0. The Hall–Kier alpha value is -2.53. The van der Waals surface area contributed by atoms with Crippen LogP contribution in [0.1, 0.15) is 110 Å². The molecule has 0 saturated carbocycles. The van der Waals surface area contributed by atoms with Crippen molar-refractivity contribution in [3.63, 3.8) is 0 Å². The van der Waals surface area contributed by atoms with Crippen molar-refractivity contribution in [1.29, 1.82) is 0 Å². The molecule has 0 aliphatic heterocycles. The summed E-state index contributed by atoms with van der Waals surface area (Å²) < 4.78 is 11.7. The van der Waals surface area contributed by atoms with E-state index in [9.17, 15) is 4.79 Å². The minimum Gasteiger partial charge on any atom is -0.497 e. The number of carbonyl (C=O) groups is 1. The molecule has 0 unspecified atom stereocenters. The third kappa shape index (κ3) is 10.2. The number of ether oxygens (including phenoxy) is 2. The summed E-state index contributed by atoms with van der Waals surface area (Å²) in [6, 6.07) is 14.7. The van der Waals surface area contributed by atoms with Gasteiger partial charge >= 0.3 is 0 Å². The first-order valence-electron chi connectivity index (χ1n) is 15.0. The number of amides is 1. The fraction of sp³-hybridized carbons (Fsp3) is 0.618. The fourth-order valence-electron chi connectivity index (χ4n) is 4.59. The molecule has 2 aromatic carbocycles. The molecular formula is C34H54N2O3. The summed E-state index contributed by atoms with van der Waals surface area (Å²) in [4.78, 5) is 15.1. The molecule has 2 rings (SSSR count). The first-order valence-corrected chi connectivity index (χ1v) is 15.0. The minimum absolute atomic E-state index is 0.0423. The van der Waals surface area contributed by atoms with Crippen LogP contribution in [-0.4, -0.2) is 37.6 Å². The van der Waals surface area contributed by atoms with Gasteiger partial charge in [0.25, 0.3) is 0 Å². The Bertz CT molecular complexity index is 998. The van der Waals surface area contributed by atoms with E-state index in [-0.39, 0.29) is 16.7 Å². The molecule has 0 fully saturated rings. The van der Waals surface area contributed by atoms with E-state index in [0.29, 0.717) is 26.1 Å². The normalized spacial score (nSPS) is 11.9. The van der Waals surface area contributed by atoms with Crippen LogP contribution in [0.4, 0.5) is 0 Å². The molecule has 1 amide bonds. The summed E-state index contributed by atoms with van der Waals surface area (Å²) in [6.07, 6.45) is 7.37. The van der Waals surface area contributed by atoms with Crippen molar-refractivity contribution in [3.05, 3.63) is 59.2 Å². The highest BCUT2D eigenvalue weighted by Gasteiger charge is 2.26. The Labute approximate surface area is 238 Å². The topological polar surface area (TPSA) is 64.8 Å². The van der Waals surface area contributed by atoms with Crippen LogP contribution in [0.3, 0.4) is 0 Å². The highest BCUT2D eigenvalue weighted by atomic mass is 16.5. The Morgan fingerprint density at radius 1 is 0.872 bits per heavy atom. The second kappa shape index (κ2) is 15.9. The molecule has 5 heteroatoms. The molecule has 0 aromatic heterocycles. The number of unbranched alkanes of at least 4 members (excludes halogenated alkanes) is 3. The van der Waals surface area contributed by atoms with Gasteiger partial charge in [-0.15, -0.1) is 0 Å². The van der Waals surface area contributed by atoms with E-state index in [1.54, 1.807) is 7.11 Å². The molecule has 0 saturated heterocycles. The van der Waals surface area contributed by atoms with Crippen molar-refractivity contribution in [2.75, 3.05) is 26.8 Å². The van der Waals surface area contributed by atoms with Crippen LogP contribution in [0.2, 0.25) is 0 Å². The Kier molecular flexibility index (Phi) is 13.3. The maximum absolute atomic E-state index is 13.1. The number of benzene rings is 2. The van der Waals surface area contributed by atoms with Crippen LogP contribution < -0.4 is 15.2 Å². The van der Waals surface area contributed by atoms with E-state index in [1.807, 2.05) is 29.2 Å². The maximum atomic E-state index is 13.1. The molecule has 2 N–H and O–H groups in total. The molecule has 0 spiro atoms. The standard InChI is InChI=1S/C34H54N2O3/c1-8-33(3,4)28-18-21-31(30(25-28)34(5,6)9-2)39-24-14-13-23-36(32(37)15-11-10-12-22-35)26-27-16-19-29(38-7)20-17-27/h16-21,25H,8-15,22-24,26,35H2,1-7H3. The fourth-order valence-corrected chi connectivity index (χ4v) is 4.59. The molecular weight excluding hydrogens is 484 g/mol. The van der Waals surface area contributed by atoms with E-state index in [2.05, 4.69) is 59.7 Å². The van der Waals surface area contributed by atoms with Gasteiger partial charge in [-0.25, -0.2) is 0 Å². The maximum Gasteiger partial charge on any atom is 0.222 e. The van der Waals surface area contributed by atoms with Crippen LogP contribution in [0.5, 0.6) is 11.5 Å². The van der Waals surface area contributed by atoms with Gasteiger partial charge in [-0.2, -0.15) is 0 Å². The third-order valence-corrected chi connectivity index (χ3v) is 8.32. The van der Waals surface area contributed by atoms with Crippen LogP contribution in [-0.2, 0) is 22.2 Å². The van der Waals surface area contributed by atoms with Crippen molar-refractivity contribution in [3.8, 4) is 11.5 Å². The monoisotopic (exact) mass is 538 g/mol. The van der Waals surface area contributed by atoms with Gasteiger partial charge in [0, 0.05) is 25.1 Å². The molecule has 0 heterocycles. The first kappa shape index (κ1) is 32.7. The van der Waals surface area contributed by atoms with E-state index >= 15 is 0 Å². The summed E-state index contributed by atoms with van der Waals surface area (Å²) in [6.45, 7) is 16.4. The zero-order valence-corrected chi connectivity index (χ0v) is 25.8. The van der Waals surface area contributed by atoms with Gasteiger partial charge < -0.3 is 20.1 Å². The number of rotatable bonds is 18. The van der Waals surface area contributed by atoms with Crippen LogP contribution in [0.25, 0.3) is 0 Å². The zero-order chi connectivity index (χ0) is 28.9. The predicted octanol–water partition coefficient (Wildman–Crippen LogP) is 7.78.